The Balaban J connectivity index is 0.000000461. The zero-order chi connectivity index (χ0) is 10.6. The van der Waals surface area contributed by atoms with Crippen LogP contribution in [0.15, 0.2) is 30.5 Å². The predicted octanol–water partition coefficient (Wildman–Crippen LogP) is 2.59. The molecule has 0 bridgehead atoms. The summed E-state index contributed by atoms with van der Waals surface area (Å²) in [5, 5.41) is 0. The molecule has 0 aromatic heterocycles. The van der Waals surface area contributed by atoms with Crippen molar-refractivity contribution in [1.82, 2.24) is 4.90 Å². The van der Waals surface area contributed by atoms with Crippen LogP contribution in [-0.2, 0) is 0 Å². The molecule has 1 heterocycles. The van der Waals surface area contributed by atoms with Gasteiger partial charge in [-0.3, -0.25) is 0 Å². The van der Waals surface area contributed by atoms with E-state index in [1.54, 1.807) is 0 Å². The molecule has 1 unspecified atom stereocenters. The summed E-state index contributed by atoms with van der Waals surface area (Å²) in [7, 11) is 1.98. The summed E-state index contributed by atoms with van der Waals surface area (Å²) >= 11 is 0. The van der Waals surface area contributed by atoms with Gasteiger partial charge in [-0.05, 0) is 17.2 Å². The van der Waals surface area contributed by atoms with Gasteiger partial charge in [0.25, 0.3) is 0 Å². The van der Waals surface area contributed by atoms with Crippen LogP contribution in [0, 0.1) is 0 Å². The van der Waals surface area contributed by atoms with Crippen molar-refractivity contribution in [2.75, 3.05) is 7.05 Å². The zero-order valence-corrected chi connectivity index (χ0v) is 9.07. The number of hydrogen-bond donors (Lipinski definition) is 1. The van der Waals surface area contributed by atoms with E-state index in [-0.39, 0.29) is 6.17 Å². The van der Waals surface area contributed by atoms with E-state index in [2.05, 4.69) is 18.2 Å². The van der Waals surface area contributed by atoms with Crippen molar-refractivity contribution in [3.63, 3.8) is 0 Å². The summed E-state index contributed by atoms with van der Waals surface area (Å²) in [5.41, 5.74) is 8.39. The van der Waals surface area contributed by atoms with Crippen LogP contribution in [-0.4, -0.2) is 11.9 Å². The molecule has 0 aliphatic carbocycles. The quantitative estimate of drug-likeness (QED) is 0.681. The van der Waals surface area contributed by atoms with Crippen molar-refractivity contribution < 1.29 is 0 Å². The maximum atomic E-state index is 5.96. The molecule has 1 aromatic rings. The normalized spacial score (nSPS) is 18.3. The lowest BCUT2D eigenvalue weighted by molar-refractivity contribution is 0.342. The van der Waals surface area contributed by atoms with Gasteiger partial charge in [-0.2, -0.15) is 0 Å². The Morgan fingerprint density at radius 2 is 1.86 bits per heavy atom. The summed E-state index contributed by atoms with van der Waals surface area (Å²) in [6.07, 6.45) is 4.09. The first kappa shape index (κ1) is 10.8. The van der Waals surface area contributed by atoms with Gasteiger partial charge < -0.3 is 10.6 Å². The third kappa shape index (κ3) is 1.96. The number of nitrogens with two attached hydrogens (primary N) is 1. The first-order chi connectivity index (χ1) is 6.79. The van der Waals surface area contributed by atoms with E-state index in [9.17, 15) is 0 Å². The van der Waals surface area contributed by atoms with Crippen LogP contribution in [0.25, 0.3) is 6.08 Å². The standard InChI is InChI=1S/C10H12N2.C2H6/c1-12-7-6-8-4-2-3-5-9(8)10(12)11;1-2/h2-7,10H,11H2,1H3;1-2H3. The molecule has 1 atom stereocenters. The molecule has 14 heavy (non-hydrogen) atoms. The van der Waals surface area contributed by atoms with E-state index < -0.39 is 0 Å². The largest absolute Gasteiger partial charge is 0.361 e. The number of fused-ring (bicyclic) bond motifs is 1. The number of hydrogen-bond acceptors (Lipinski definition) is 2. The second kappa shape index (κ2) is 4.82. The van der Waals surface area contributed by atoms with Crippen LogP contribution in [0.4, 0.5) is 0 Å². The molecule has 2 nitrogen and oxygen atoms in total. The molecular weight excluding hydrogens is 172 g/mol. The highest BCUT2D eigenvalue weighted by Crippen LogP contribution is 2.24. The number of rotatable bonds is 0. The molecule has 1 aliphatic rings. The smallest absolute Gasteiger partial charge is 0.103 e. The van der Waals surface area contributed by atoms with Gasteiger partial charge in [-0.15, -0.1) is 0 Å². The van der Waals surface area contributed by atoms with Crippen LogP contribution < -0.4 is 5.73 Å². The molecule has 0 saturated carbocycles. The second-order valence-electron chi connectivity index (χ2n) is 3.05. The minimum atomic E-state index is 0.00574. The highest BCUT2D eigenvalue weighted by Gasteiger charge is 2.14. The van der Waals surface area contributed by atoms with Crippen molar-refractivity contribution in [1.29, 1.82) is 0 Å². The Bertz CT molecular complexity index is 318. The van der Waals surface area contributed by atoms with Crippen molar-refractivity contribution in [3.8, 4) is 0 Å². The van der Waals surface area contributed by atoms with Gasteiger partial charge in [0, 0.05) is 13.2 Å². The Labute approximate surface area is 86.0 Å². The summed E-state index contributed by atoms with van der Waals surface area (Å²) < 4.78 is 0. The lowest BCUT2D eigenvalue weighted by atomic mass is 10.0. The van der Waals surface area contributed by atoms with E-state index in [0.29, 0.717) is 0 Å². The highest BCUT2D eigenvalue weighted by molar-refractivity contribution is 5.56. The zero-order valence-electron chi connectivity index (χ0n) is 9.07. The van der Waals surface area contributed by atoms with E-state index in [1.165, 1.54) is 11.1 Å². The fourth-order valence-electron chi connectivity index (χ4n) is 1.44. The molecule has 2 rings (SSSR count). The second-order valence-corrected chi connectivity index (χ2v) is 3.05. The lowest BCUT2D eigenvalue weighted by Crippen LogP contribution is -2.29. The van der Waals surface area contributed by atoms with Gasteiger partial charge in [0.2, 0.25) is 0 Å². The molecule has 0 fully saturated rings. The van der Waals surface area contributed by atoms with Gasteiger partial charge in [-0.25, -0.2) is 0 Å². The molecule has 0 amide bonds. The monoisotopic (exact) mass is 190 g/mol. The Kier molecular flexibility index (Phi) is 3.72. The van der Waals surface area contributed by atoms with Gasteiger partial charge in [-0.1, -0.05) is 38.1 Å². The average Bonchev–Trinajstić information content (AvgIpc) is 2.27. The van der Waals surface area contributed by atoms with E-state index in [1.807, 2.05) is 44.1 Å². The van der Waals surface area contributed by atoms with Crippen LogP contribution in [0.2, 0.25) is 0 Å². The molecule has 1 aromatic carbocycles. The molecule has 0 radical (unpaired) electrons. The molecular formula is C12H18N2. The fourth-order valence-corrected chi connectivity index (χ4v) is 1.44. The van der Waals surface area contributed by atoms with Gasteiger partial charge >= 0.3 is 0 Å². The summed E-state index contributed by atoms with van der Waals surface area (Å²) in [4.78, 5) is 2.00. The third-order valence-electron chi connectivity index (χ3n) is 2.24. The third-order valence-corrected chi connectivity index (χ3v) is 2.24. The Morgan fingerprint density at radius 3 is 2.57 bits per heavy atom. The Morgan fingerprint density at radius 1 is 1.21 bits per heavy atom. The van der Waals surface area contributed by atoms with Crippen LogP contribution >= 0.6 is 0 Å². The van der Waals surface area contributed by atoms with E-state index in [0.717, 1.165) is 0 Å². The molecule has 1 aliphatic heterocycles. The SMILES string of the molecule is CC.CN1C=Cc2ccccc2C1N. The summed E-state index contributed by atoms with van der Waals surface area (Å²) in [5.74, 6) is 0. The molecule has 2 heteroatoms. The molecule has 0 saturated heterocycles. The van der Waals surface area contributed by atoms with Crippen LogP contribution in [0.3, 0.4) is 0 Å². The predicted molar refractivity (Wildman–Crippen MR) is 61.5 cm³/mol. The number of nitrogens with zero attached hydrogens (tertiary/aromatic N) is 1. The minimum absolute atomic E-state index is 0.00574. The fraction of sp³-hybridized carbons (Fsp3) is 0.333. The van der Waals surface area contributed by atoms with Gasteiger partial charge in [0.1, 0.15) is 6.17 Å². The van der Waals surface area contributed by atoms with Crippen molar-refractivity contribution >= 4 is 6.08 Å². The highest BCUT2D eigenvalue weighted by atomic mass is 15.2. The Hall–Kier alpha value is -1.28. The average molecular weight is 190 g/mol. The van der Waals surface area contributed by atoms with Crippen molar-refractivity contribution in [3.05, 3.63) is 41.6 Å². The van der Waals surface area contributed by atoms with Gasteiger partial charge in [0.15, 0.2) is 0 Å². The lowest BCUT2D eigenvalue weighted by Gasteiger charge is -2.28. The van der Waals surface area contributed by atoms with E-state index in [4.69, 9.17) is 5.73 Å². The summed E-state index contributed by atoms with van der Waals surface area (Å²) in [6.45, 7) is 4.00. The van der Waals surface area contributed by atoms with Crippen LogP contribution in [0.1, 0.15) is 31.1 Å². The molecule has 76 valence electrons. The molecule has 0 spiro atoms. The van der Waals surface area contributed by atoms with E-state index >= 15 is 0 Å². The first-order valence-corrected chi connectivity index (χ1v) is 5.03. The van der Waals surface area contributed by atoms with Gasteiger partial charge in [0.05, 0.1) is 0 Å². The van der Waals surface area contributed by atoms with Crippen molar-refractivity contribution in [2.45, 2.75) is 20.0 Å². The maximum absolute atomic E-state index is 5.96. The molecule has 2 N–H and O–H groups in total. The summed E-state index contributed by atoms with van der Waals surface area (Å²) in [6, 6.07) is 8.20. The van der Waals surface area contributed by atoms with Crippen LogP contribution in [0.5, 0.6) is 0 Å². The van der Waals surface area contributed by atoms with Crippen molar-refractivity contribution in [2.24, 2.45) is 5.73 Å². The topological polar surface area (TPSA) is 29.3 Å². The maximum Gasteiger partial charge on any atom is 0.103 e. The number of benzene rings is 1. The minimum Gasteiger partial charge on any atom is -0.361 e. The first-order valence-electron chi connectivity index (χ1n) is 5.03.